The number of rotatable bonds is 2. The normalized spacial score (nSPS) is 14.2. The molecule has 128 valence electrons. The minimum absolute atomic E-state index is 0.0290. The van der Waals surface area contributed by atoms with E-state index in [9.17, 15) is 19.8 Å². The summed E-state index contributed by atoms with van der Waals surface area (Å²) in [6.45, 7) is 0. The molecule has 0 saturated carbocycles. The predicted octanol–water partition coefficient (Wildman–Crippen LogP) is 5.14. The van der Waals surface area contributed by atoms with Gasteiger partial charge in [0.25, 0.3) is 0 Å². The Morgan fingerprint density at radius 3 is 1.20 bits per heavy atom. The highest BCUT2D eigenvalue weighted by Gasteiger charge is 2.36. The van der Waals surface area contributed by atoms with Gasteiger partial charge in [-0.1, -0.05) is 0 Å². The molecule has 0 fully saturated rings. The van der Waals surface area contributed by atoms with Crippen molar-refractivity contribution in [1.82, 2.24) is 0 Å². The lowest BCUT2D eigenvalue weighted by Crippen LogP contribution is -2.02. The van der Waals surface area contributed by atoms with Gasteiger partial charge in [0.1, 0.15) is 11.5 Å². The molecule has 2 N–H and O–H groups in total. The van der Waals surface area contributed by atoms with Gasteiger partial charge in [-0.3, -0.25) is 0 Å². The number of aromatic hydroxyl groups is 2. The first kappa shape index (κ1) is 18.6. The number of hydrogen-bond donors (Lipinski definition) is 2. The smallest absolute Gasteiger partial charge is 0.347 e. The number of halogens is 4. The average Bonchev–Trinajstić information content (AvgIpc) is 2.83. The lowest BCUT2D eigenvalue weighted by molar-refractivity contribution is -0.149. The quantitative estimate of drug-likeness (QED) is 0.370. The summed E-state index contributed by atoms with van der Waals surface area (Å²) in [5.41, 5.74) is 0.914. The Morgan fingerprint density at radius 2 is 0.920 bits per heavy atom. The summed E-state index contributed by atoms with van der Waals surface area (Å²) in [5, 5.41) is 19.7. The van der Waals surface area contributed by atoms with Gasteiger partial charge >= 0.3 is 11.9 Å². The van der Waals surface area contributed by atoms with Gasteiger partial charge in [0, 0.05) is 0 Å². The molecular formula is C16H6Br4O5. The van der Waals surface area contributed by atoms with E-state index in [0.29, 0.717) is 29.0 Å². The van der Waals surface area contributed by atoms with Crippen LogP contribution in [0.3, 0.4) is 0 Å². The van der Waals surface area contributed by atoms with Crippen LogP contribution < -0.4 is 0 Å². The van der Waals surface area contributed by atoms with Crippen LogP contribution in [0, 0.1) is 0 Å². The van der Waals surface area contributed by atoms with E-state index < -0.39 is 11.9 Å². The van der Waals surface area contributed by atoms with Gasteiger partial charge in [0.05, 0.1) is 29.0 Å². The molecule has 0 amide bonds. The zero-order valence-electron chi connectivity index (χ0n) is 11.9. The minimum atomic E-state index is -0.787. The largest absolute Gasteiger partial charge is 0.506 e. The molecule has 0 saturated heterocycles. The summed E-state index contributed by atoms with van der Waals surface area (Å²) in [5.74, 6) is -1.63. The van der Waals surface area contributed by atoms with E-state index >= 15 is 0 Å². The van der Waals surface area contributed by atoms with Gasteiger partial charge in [0.15, 0.2) is 0 Å². The van der Waals surface area contributed by atoms with E-state index in [4.69, 9.17) is 4.74 Å². The average molecular weight is 598 g/mol. The maximum atomic E-state index is 12.2. The number of carbonyl (C=O) groups excluding carboxylic acids is 2. The molecule has 2 aromatic rings. The van der Waals surface area contributed by atoms with Gasteiger partial charge in [-0.15, -0.1) is 0 Å². The number of ether oxygens (including phenoxy) is 1. The van der Waals surface area contributed by atoms with Crippen molar-refractivity contribution in [3.05, 3.63) is 53.3 Å². The summed E-state index contributed by atoms with van der Waals surface area (Å²) in [6.07, 6.45) is 0. The van der Waals surface area contributed by atoms with Gasteiger partial charge in [-0.05, 0) is 99.1 Å². The molecule has 0 radical (unpaired) electrons. The molecule has 0 aromatic heterocycles. The molecule has 1 aliphatic rings. The molecule has 1 aliphatic heterocycles. The van der Waals surface area contributed by atoms with Crippen molar-refractivity contribution in [2.24, 2.45) is 0 Å². The standard InChI is InChI=1S/C16H6Br4O5/c17-7-1-5(2-8(18)13(7)21)11-12(16(24)25-15(11)23)6-3-9(19)14(22)10(20)4-6/h1-4,21-22H. The Balaban J connectivity index is 2.31. The van der Waals surface area contributed by atoms with E-state index in [2.05, 4.69) is 63.7 Å². The van der Waals surface area contributed by atoms with E-state index in [1.54, 1.807) is 0 Å². The van der Waals surface area contributed by atoms with Crippen LogP contribution in [0.4, 0.5) is 0 Å². The fourth-order valence-corrected chi connectivity index (χ4v) is 4.71. The Kier molecular flexibility index (Phi) is 5.11. The molecule has 5 nitrogen and oxygen atoms in total. The van der Waals surface area contributed by atoms with Crippen molar-refractivity contribution in [3.8, 4) is 11.5 Å². The number of esters is 2. The summed E-state index contributed by atoms with van der Waals surface area (Å²) < 4.78 is 6.18. The Morgan fingerprint density at radius 1 is 0.640 bits per heavy atom. The van der Waals surface area contributed by atoms with Crippen LogP contribution in [0.2, 0.25) is 0 Å². The van der Waals surface area contributed by atoms with Crippen LogP contribution in [-0.4, -0.2) is 22.2 Å². The van der Waals surface area contributed by atoms with Crippen molar-refractivity contribution < 1.29 is 24.5 Å². The van der Waals surface area contributed by atoms with Crippen LogP contribution in [0.1, 0.15) is 11.1 Å². The molecule has 2 aromatic carbocycles. The van der Waals surface area contributed by atoms with Crippen LogP contribution >= 0.6 is 63.7 Å². The zero-order chi connectivity index (χ0) is 18.5. The highest BCUT2D eigenvalue weighted by molar-refractivity contribution is 9.11. The van der Waals surface area contributed by atoms with Crippen molar-refractivity contribution in [1.29, 1.82) is 0 Å². The Labute approximate surface area is 175 Å². The topological polar surface area (TPSA) is 83.8 Å². The fraction of sp³-hybridized carbons (Fsp3) is 0. The van der Waals surface area contributed by atoms with Gasteiger partial charge in [-0.2, -0.15) is 0 Å². The second kappa shape index (κ2) is 6.86. The van der Waals surface area contributed by atoms with E-state index in [0.717, 1.165) is 0 Å². The molecule has 25 heavy (non-hydrogen) atoms. The molecule has 0 aliphatic carbocycles. The highest BCUT2D eigenvalue weighted by Crippen LogP contribution is 2.42. The molecule has 1 heterocycles. The maximum Gasteiger partial charge on any atom is 0.347 e. The second-order valence-electron chi connectivity index (χ2n) is 5.00. The van der Waals surface area contributed by atoms with E-state index in [1.807, 2.05) is 0 Å². The molecule has 0 spiro atoms. The third kappa shape index (κ3) is 3.30. The summed E-state index contributed by atoms with van der Waals surface area (Å²) in [7, 11) is 0. The van der Waals surface area contributed by atoms with E-state index in [-0.39, 0.29) is 22.6 Å². The third-order valence-corrected chi connectivity index (χ3v) is 5.87. The van der Waals surface area contributed by atoms with Crippen LogP contribution in [0.15, 0.2) is 42.2 Å². The summed E-state index contributed by atoms with van der Waals surface area (Å²) >= 11 is 12.8. The van der Waals surface area contributed by atoms with Crippen LogP contribution in [0.5, 0.6) is 11.5 Å². The predicted molar refractivity (Wildman–Crippen MR) is 105 cm³/mol. The van der Waals surface area contributed by atoms with Crippen LogP contribution in [-0.2, 0) is 14.3 Å². The number of carbonyl (C=O) groups is 2. The molecule has 9 heteroatoms. The molecule has 0 bridgehead atoms. The number of phenols is 2. The SMILES string of the molecule is O=C1OC(=O)C(c2cc(Br)c(O)c(Br)c2)=C1c1cc(Br)c(O)c(Br)c1. The first-order valence-electron chi connectivity index (χ1n) is 6.58. The summed E-state index contributed by atoms with van der Waals surface area (Å²) in [6, 6.07) is 6.05. The fourth-order valence-electron chi connectivity index (χ4n) is 2.33. The number of benzene rings is 2. The minimum Gasteiger partial charge on any atom is -0.506 e. The van der Waals surface area contributed by atoms with Crippen molar-refractivity contribution in [3.63, 3.8) is 0 Å². The van der Waals surface area contributed by atoms with E-state index in [1.165, 1.54) is 24.3 Å². The van der Waals surface area contributed by atoms with Crippen molar-refractivity contribution in [2.45, 2.75) is 0 Å². The Bertz CT molecular complexity index is 857. The maximum absolute atomic E-state index is 12.2. The van der Waals surface area contributed by atoms with Crippen molar-refractivity contribution >= 4 is 86.8 Å². The van der Waals surface area contributed by atoms with Gasteiger partial charge in [0.2, 0.25) is 0 Å². The van der Waals surface area contributed by atoms with Gasteiger partial charge in [-0.25, -0.2) is 9.59 Å². The lowest BCUT2D eigenvalue weighted by atomic mass is 9.96. The number of cyclic esters (lactones) is 2. The number of hydrogen-bond acceptors (Lipinski definition) is 5. The number of phenolic OH excluding ortho intramolecular Hbond substituents is 2. The first-order chi connectivity index (χ1) is 11.7. The third-order valence-electron chi connectivity index (χ3n) is 3.45. The summed E-state index contributed by atoms with van der Waals surface area (Å²) in [4.78, 5) is 24.5. The van der Waals surface area contributed by atoms with Gasteiger partial charge < -0.3 is 14.9 Å². The molecule has 0 unspecified atom stereocenters. The molecular weight excluding hydrogens is 592 g/mol. The van der Waals surface area contributed by atoms with Crippen molar-refractivity contribution in [2.75, 3.05) is 0 Å². The monoisotopic (exact) mass is 594 g/mol. The molecule has 0 atom stereocenters. The first-order valence-corrected chi connectivity index (χ1v) is 9.75. The highest BCUT2D eigenvalue weighted by atomic mass is 79.9. The Hall–Kier alpha value is -1.16. The van der Waals surface area contributed by atoms with Crippen LogP contribution in [0.25, 0.3) is 11.1 Å². The molecule has 3 rings (SSSR count). The lowest BCUT2D eigenvalue weighted by Gasteiger charge is -2.08. The zero-order valence-corrected chi connectivity index (χ0v) is 18.3. The second-order valence-corrected chi connectivity index (χ2v) is 8.42.